The van der Waals surface area contributed by atoms with Crippen LogP contribution in [0.25, 0.3) is 0 Å². The highest BCUT2D eigenvalue weighted by Gasteiger charge is 2.01. The van der Waals surface area contributed by atoms with Crippen LogP contribution in [0.1, 0.15) is 38.2 Å². The zero-order chi connectivity index (χ0) is 14.1. The summed E-state index contributed by atoms with van der Waals surface area (Å²) in [6.07, 6.45) is 3.94. The van der Waals surface area contributed by atoms with E-state index in [0.29, 0.717) is 13.0 Å². The van der Waals surface area contributed by atoms with Crippen molar-refractivity contribution in [2.24, 2.45) is 0 Å². The van der Waals surface area contributed by atoms with Crippen molar-refractivity contribution in [1.29, 1.82) is 0 Å². The van der Waals surface area contributed by atoms with Crippen molar-refractivity contribution < 1.29 is 4.79 Å². The van der Waals surface area contributed by atoms with E-state index < -0.39 is 0 Å². The highest BCUT2D eigenvalue weighted by molar-refractivity contribution is 9.10. The first-order chi connectivity index (χ1) is 9.13. The zero-order valence-electron chi connectivity index (χ0n) is 11.8. The molecular weight excluding hydrogens is 304 g/mol. The monoisotopic (exact) mass is 326 g/mol. The lowest BCUT2D eigenvalue weighted by Crippen LogP contribution is -2.26. The first kappa shape index (κ1) is 16.0. The summed E-state index contributed by atoms with van der Waals surface area (Å²) < 4.78 is 1.08. The fourth-order valence-electron chi connectivity index (χ4n) is 1.71. The molecule has 0 aliphatic rings. The van der Waals surface area contributed by atoms with Crippen molar-refractivity contribution >= 4 is 27.5 Å². The van der Waals surface area contributed by atoms with Gasteiger partial charge < -0.3 is 10.6 Å². The molecule has 0 saturated carbocycles. The summed E-state index contributed by atoms with van der Waals surface area (Å²) in [6, 6.07) is 6.12. The van der Waals surface area contributed by atoms with Gasteiger partial charge in [0.2, 0.25) is 5.91 Å². The molecule has 0 heterocycles. The van der Waals surface area contributed by atoms with Gasteiger partial charge in [0.25, 0.3) is 0 Å². The lowest BCUT2D eigenvalue weighted by molar-refractivity contribution is -0.120. The molecule has 0 aliphatic carbocycles. The van der Waals surface area contributed by atoms with E-state index in [9.17, 15) is 4.79 Å². The topological polar surface area (TPSA) is 41.1 Å². The Kier molecular flexibility index (Phi) is 7.56. The minimum Gasteiger partial charge on any atom is -0.384 e. The van der Waals surface area contributed by atoms with Crippen LogP contribution >= 0.6 is 15.9 Å². The maximum atomic E-state index is 11.6. The minimum atomic E-state index is 0.120. The number of hydrogen-bond acceptors (Lipinski definition) is 2. The number of aryl methyl sites for hydroxylation is 1. The molecule has 0 fully saturated rings. The van der Waals surface area contributed by atoms with E-state index in [2.05, 4.69) is 46.5 Å². The fourth-order valence-corrected chi connectivity index (χ4v) is 2.09. The molecule has 0 unspecified atom stereocenters. The molecular formula is C15H23BrN2O. The molecule has 0 aliphatic heterocycles. The molecule has 0 spiro atoms. The van der Waals surface area contributed by atoms with E-state index in [0.717, 1.165) is 23.1 Å². The van der Waals surface area contributed by atoms with Crippen LogP contribution in [0.3, 0.4) is 0 Å². The predicted octanol–water partition coefficient (Wildman–Crippen LogP) is 3.87. The van der Waals surface area contributed by atoms with Gasteiger partial charge in [0.05, 0.1) is 0 Å². The summed E-state index contributed by atoms with van der Waals surface area (Å²) in [5.41, 5.74) is 2.25. The third kappa shape index (κ3) is 6.62. The number of rotatable bonds is 8. The quantitative estimate of drug-likeness (QED) is 0.712. The van der Waals surface area contributed by atoms with Crippen molar-refractivity contribution in [3.63, 3.8) is 0 Å². The highest BCUT2D eigenvalue weighted by atomic mass is 79.9. The molecule has 1 amide bonds. The van der Waals surface area contributed by atoms with Gasteiger partial charge in [-0.25, -0.2) is 0 Å². The number of unbranched alkanes of at least 4 members (excludes halogenated alkanes) is 2. The summed E-state index contributed by atoms with van der Waals surface area (Å²) in [7, 11) is 0. The number of benzene rings is 1. The Morgan fingerprint density at radius 1 is 1.26 bits per heavy atom. The third-order valence-electron chi connectivity index (χ3n) is 2.96. The smallest absolute Gasteiger partial charge is 0.221 e. The second-order valence-electron chi connectivity index (χ2n) is 4.70. The van der Waals surface area contributed by atoms with E-state index in [1.807, 2.05) is 12.1 Å². The van der Waals surface area contributed by atoms with Crippen molar-refractivity contribution in [3.05, 3.63) is 28.2 Å². The summed E-state index contributed by atoms with van der Waals surface area (Å²) >= 11 is 3.50. The molecule has 0 atom stereocenters. The standard InChI is InChI=1S/C15H23BrN2O/c1-3-4-5-9-18-15(19)8-10-17-13-7-6-12(2)14(16)11-13/h6-7,11,17H,3-5,8-10H2,1-2H3,(H,18,19). The number of carbonyl (C=O) groups is 1. The van der Waals surface area contributed by atoms with Crippen LogP contribution in [0.15, 0.2) is 22.7 Å². The fraction of sp³-hybridized carbons (Fsp3) is 0.533. The Balaban J connectivity index is 2.18. The highest BCUT2D eigenvalue weighted by Crippen LogP contribution is 2.20. The Labute approximate surface area is 124 Å². The van der Waals surface area contributed by atoms with Gasteiger partial charge >= 0.3 is 0 Å². The van der Waals surface area contributed by atoms with Crippen LogP contribution in [0.5, 0.6) is 0 Å². The van der Waals surface area contributed by atoms with Gasteiger partial charge in [-0.15, -0.1) is 0 Å². The number of hydrogen-bond donors (Lipinski definition) is 2. The Morgan fingerprint density at radius 2 is 2.05 bits per heavy atom. The van der Waals surface area contributed by atoms with Gasteiger partial charge in [0.15, 0.2) is 0 Å². The summed E-state index contributed by atoms with van der Waals surface area (Å²) in [6.45, 7) is 5.67. The van der Waals surface area contributed by atoms with Gasteiger partial charge in [-0.3, -0.25) is 4.79 Å². The van der Waals surface area contributed by atoms with Crippen LogP contribution < -0.4 is 10.6 Å². The molecule has 1 aromatic rings. The average Bonchev–Trinajstić information content (AvgIpc) is 2.39. The molecule has 19 heavy (non-hydrogen) atoms. The van der Waals surface area contributed by atoms with E-state index in [-0.39, 0.29) is 5.91 Å². The molecule has 4 heteroatoms. The molecule has 0 radical (unpaired) electrons. The Hall–Kier alpha value is -1.03. The van der Waals surface area contributed by atoms with Gasteiger partial charge in [-0.05, 0) is 31.0 Å². The summed E-state index contributed by atoms with van der Waals surface area (Å²) in [5.74, 6) is 0.120. The van der Waals surface area contributed by atoms with Gasteiger partial charge in [-0.1, -0.05) is 41.8 Å². The maximum absolute atomic E-state index is 11.6. The number of carbonyl (C=O) groups excluding carboxylic acids is 1. The van der Waals surface area contributed by atoms with Crippen molar-refractivity contribution in [2.75, 3.05) is 18.4 Å². The van der Waals surface area contributed by atoms with Gasteiger partial charge in [0, 0.05) is 29.7 Å². The Bertz CT molecular complexity index is 407. The molecule has 0 aromatic heterocycles. The summed E-state index contributed by atoms with van der Waals surface area (Å²) in [5, 5.41) is 6.19. The molecule has 2 N–H and O–H groups in total. The van der Waals surface area contributed by atoms with Gasteiger partial charge in [-0.2, -0.15) is 0 Å². The normalized spacial score (nSPS) is 10.3. The lowest BCUT2D eigenvalue weighted by atomic mass is 10.2. The lowest BCUT2D eigenvalue weighted by Gasteiger charge is -2.08. The van der Waals surface area contributed by atoms with Crippen molar-refractivity contribution in [1.82, 2.24) is 5.32 Å². The van der Waals surface area contributed by atoms with Gasteiger partial charge in [0.1, 0.15) is 0 Å². The minimum absolute atomic E-state index is 0.120. The maximum Gasteiger partial charge on any atom is 0.221 e. The first-order valence-corrected chi connectivity index (χ1v) is 7.69. The first-order valence-electron chi connectivity index (χ1n) is 6.90. The predicted molar refractivity (Wildman–Crippen MR) is 84.5 cm³/mol. The number of anilines is 1. The number of halogens is 1. The zero-order valence-corrected chi connectivity index (χ0v) is 13.3. The van der Waals surface area contributed by atoms with Crippen LogP contribution in [-0.4, -0.2) is 19.0 Å². The molecule has 0 bridgehead atoms. The Morgan fingerprint density at radius 3 is 2.74 bits per heavy atom. The molecule has 106 valence electrons. The van der Waals surface area contributed by atoms with E-state index in [1.54, 1.807) is 0 Å². The molecule has 1 aromatic carbocycles. The van der Waals surface area contributed by atoms with E-state index in [1.165, 1.54) is 18.4 Å². The van der Waals surface area contributed by atoms with Crippen LogP contribution in [0, 0.1) is 6.92 Å². The second kappa shape index (κ2) is 8.97. The van der Waals surface area contributed by atoms with Crippen LogP contribution in [0.2, 0.25) is 0 Å². The molecule has 0 saturated heterocycles. The average molecular weight is 327 g/mol. The largest absolute Gasteiger partial charge is 0.384 e. The van der Waals surface area contributed by atoms with Crippen LogP contribution in [0.4, 0.5) is 5.69 Å². The van der Waals surface area contributed by atoms with Crippen molar-refractivity contribution in [3.8, 4) is 0 Å². The van der Waals surface area contributed by atoms with E-state index >= 15 is 0 Å². The second-order valence-corrected chi connectivity index (χ2v) is 5.55. The van der Waals surface area contributed by atoms with E-state index in [4.69, 9.17) is 0 Å². The van der Waals surface area contributed by atoms with Crippen molar-refractivity contribution in [2.45, 2.75) is 39.5 Å². The summed E-state index contributed by atoms with van der Waals surface area (Å²) in [4.78, 5) is 11.6. The molecule has 3 nitrogen and oxygen atoms in total. The third-order valence-corrected chi connectivity index (χ3v) is 3.81. The number of amides is 1. The SMILES string of the molecule is CCCCCNC(=O)CCNc1ccc(C)c(Br)c1. The molecule has 1 rings (SSSR count). The van der Waals surface area contributed by atoms with Crippen LogP contribution in [-0.2, 0) is 4.79 Å². The number of nitrogens with one attached hydrogen (secondary N) is 2.